The molecule has 0 radical (unpaired) electrons. The topological polar surface area (TPSA) is 121 Å². The van der Waals surface area contributed by atoms with E-state index in [1.54, 1.807) is 0 Å². The van der Waals surface area contributed by atoms with Crippen LogP contribution in [0, 0.1) is 69.0 Å². The van der Waals surface area contributed by atoms with Gasteiger partial charge in [0.15, 0.2) is 0 Å². The normalized spacial score (nSPS) is 39.9. The fourth-order valence-electron chi connectivity index (χ4n) is 14.0. The van der Waals surface area contributed by atoms with E-state index in [1.807, 2.05) is 27.0 Å². The van der Waals surface area contributed by atoms with Crippen molar-refractivity contribution < 1.29 is 24.2 Å². The Balaban J connectivity index is 1.21. The standard InChI is InChI=1S/C43H67N3O5/c1-26(2)28-13-18-43(21-34(47)45-25-33-44-24-27(3)46-33)20-19-41(9)29(37(28)43)11-12-31-40(8)16-15-32(39(6,7)30(40)14-17-42(31,41)10)51-36(50)23-38(4,5)22-35(48)49/h24,28-32,37H,1,11-23,25H2,2-10H3,(H,44,46)(H,45,47)(H,48,49)/t28?,29-,30?,31?,32?,37?,40+,41-,42-,43-/m1/s1. The summed E-state index contributed by atoms with van der Waals surface area (Å²) in [4.78, 5) is 45.9. The molecule has 5 saturated carbocycles. The monoisotopic (exact) mass is 706 g/mol. The summed E-state index contributed by atoms with van der Waals surface area (Å²) in [6.07, 6.45) is 13.5. The van der Waals surface area contributed by atoms with Gasteiger partial charge in [-0.25, -0.2) is 4.98 Å². The molecule has 1 aromatic rings. The van der Waals surface area contributed by atoms with Gasteiger partial charge in [0, 0.05) is 23.7 Å². The molecule has 5 fully saturated rings. The molecule has 0 saturated heterocycles. The second-order valence-electron chi connectivity index (χ2n) is 20.3. The summed E-state index contributed by atoms with van der Waals surface area (Å²) < 4.78 is 6.27. The maximum absolute atomic E-state index is 13.7. The van der Waals surface area contributed by atoms with E-state index in [9.17, 15) is 19.5 Å². The highest BCUT2D eigenvalue weighted by atomic mass is 16.5. The highest BCUT2D eigenvalue weighted by Gasteiger charge is 2.71. The van der Waals surface area contributed by atoms with E-state index in [0.717, 1.165) is 50.0 Å². The lowest BCUT2D eigenvalue weighted by atomic mass is 9.32. The molecular formula is C43H67N3O5. The number of H-pyrrole nitrogens is 1. The molecule has 0 spiro atoms. The number of aliphatic carboxylic acids is 1. The smallest absolute Gasteiger partial charge is 0.306 e. The third kappa shape index (κ3) is 6.40. The molecule has 1 amide bonds. The molecular weight excluding hydrogens is 638 g/mol. The Kier molecular flexibility index (Phi) is 9.74. The van der Waals surface area contributed by atoms with Gasteiger partial charge in [0.1, 0.15) is 11.9 Å². The van der Waals surface area contributed by atoms with E-state index in [0.29, 0.717) is 42.6 Å². The summed E-state index contributed by atoms with van der Waals surface area (Å²) in [5, 5.41) is 12.6. The number of hydrogen-bond acceptors (Lipinski definition) is 5. The average Bonchev–Trinajstić information content (AvgIpc) is 3.60. The molecule has 8 nitrogen and oxygen atoms in total. The first-order valence-corrected chi connectivity index (χ1v) is 20.0. The Bertz CT molecular complexity index is 1550. The zero-order valence-electron chi connectivity index (χ0n) is 33.2. The molecule has 5 unspecified atom stereocenters. The highest BCUT2D eigenvalue weighted by molar-refractivity contribution is 5.77. The second-order valence-corrected chi connectivity index (χ2v) is 20.3. The zero-order valence-corrected chi connectivity index (χ0v) is 33.2. The number of carboxylic acid groups (broad SMARTS) is 1. The van der Waals surface area contributed by atoms with Crippen LogP contribution in [0.15, 0.2) is 18.3 Å². The van der Waals surface area contributed by atoms with Gasteiger partial charge < -0.3 is 20.1 Å². The van der Waals surface area contributed by atoms with Crippen LogP contribution in [-0.2, 0) is 25.7 Å². The Morgan fingerprint density at radius 2 is 1.69 bits per heavy atom. The summed E-state index contributed by atoms with van der Waals surface area (Å²) in [6.45, 7) is 25.4. The van der Waals surface area contributed by atoms with Gasteiger partial charge in [-0.3, -0.25) is 14.4 Å². The van der Waals surface area contributed by atoms with E-state index in [1.165, 1.54) is 31.3 Å². The third-order valence-corrected chi connectivity index (χ3v) is 16.4. The number of carboxylic acids is 1. The number of imidazole rings is 1. The van der Waals surface area contributed by atoms with Crippen molar-refractivity contribution in [3.05, 3.63) is 29.9 Å². The molecule has 284 valence electrons. The first-order valence-electron chi connectivity index (χ1n) is 20.0. The molecule has 51 heavy (non-hydrogen) atoms. The Labute approximate surface area is 307 Å². The van der Waals surface area contributed by atoms with Crippen molar-refractivity contribution in [2.75, 3.05) is 0 Å². The van der Waals surface area contributed by atoms with Crippen LogP contribution in [0.4, 0.5) is 0 Å². The van der Waals surface area contributed by atoms with Crippen LogP contribution in [0.2, 0.25) is 0 Å². The van der Waals surface area contributed by atoms with E-state index in [2.05, 4.69) is 63.4 Å². The minimum absolute atomic E-state index is 0.0181. The number of hydrogen-bond donors (Lipinski definition) is 3. The molecule has 1 heterocycles. The van der Waals surface area contributed by atoms with Gasteiger partial charge in [0.25, 0.3) is 0 Å². The molecule has 8 heteroatoms. The number of carbonyl (C=O) groups is 3. The molecule has 6 rings (SSSR count). The van der Waals surface area contributed by atoms with Crippen molar-refractivity contribution in [1.82, 2.24) is 15.3 Å². The number of nitrogens with one attached hydrogen (secondary N) is 2. The molecule has 1 aromatic heterocycles. The minimum atomic E-state index is -0.886. The van der Waals surface area contributed by atoms with Crippen molar-refractivity contribution in [3.8, 4) is 0 Å². The number of aromatic nitrogens is 2. The van der Waals surface area contributed by atoms with Crippen molar-refractivity contribution >= 4 is 17.8 Å². The lowest BCUT2D eigenvalue weighted by Crippen LogP contribution is -2.67. The van der Waals surface area contributed by atoms with Gasteiger partial charge in [0.2, 0.25) is 5.91 Å². The maximum Gasteiger partial charge on any atom is 0.306 e. The number of aromatic amines is 1. The van der Waals surface area contributed by atoms with Crippen molar-refractivity contribution in [2.45, 2.75) is 158 Å². The van der Waals surface area contributed by atoms with Crippen LogP contribution in [0.25, 0.3) is 0 Å². The molecule has 5 aliphatic rings. The van der Waals surface area contributed by atoms with E-state index in [-0.39, 0.29) is 57.9 Å². The Morgan fingerprint density at radius 3 is 2.33 bits per heavy atom. The predicted octanol–water partition coefficient (Wildman–Crippen LogP) is 9.18. The average molecular weight is 706 g/mol. The number of rotatable bonds is 10. The first-order chi connectivity index (χ1) is 23.7. The van der Waals surface area contributed by atoms with Gasteiger partial charge in [-0.15, -0.1) is 0 Å². The van der Waals surface area contributed by atoms with Crippen LogP contribution in [-0.4, -0.2) is 39.0 Å². The number of amides is 1. The first kappa shape index (κ1) is 38.1. The van der Waals surface area contributed by atoms with Gasteiger partial charge in [-0.2, -0.15) is 0 Å². The summed E-state index contributed by atoms with van der Waals surface area (Å²) in [5.74, 6) is 2.35. The number of fused-ring (bicyclic) bond motifs is 7. The number of aryl methyl sites for hydroxylation is 1. The number of esters is 1. The molecule has 0 aromatic carbocycles. The number of carbonyl (C=O) groups excluding carboxylic acids is 2. The zero-order chi connectivity index (χ0) is 37.4. The second kappa shape index (κ2) is 13.0. The highest BCUT2D eigenvalue weighted by Crippen LogP contribution is 2.78. The molecule has 0 bridgehead atoms. The lowest BCUT2D eigenvalue weighted by Gasteiger charge is -2.73. The van der Waals surface area contributed by atoms with Crippen molar-refractivity contribution in [3.63, 3.8) is 0 Å². The number of nitrogens with zero attached hydrogens (tertiary/aromatic N) is 1. The van der Waals surface area contributed by atoms with Crippen LogP contribution < -0.4 is 5.32 Å². The predicted molar refractivity (Wildman–Crippen MR) is 199 cm³/mol. The van der Waals surface area contributed by atoms with Gasteiger partial charge >= 0.3 is 11.9 Å². The van der Waals surface area contributed by atoms with Gasteiger partial charge in [0.05, 0.1) is 19.4 Å². The summed E-state index contributed by atoms with van der Waals surface area (Å²) >= 11 is 0. The SMILES string of the molecule is C=C(C)C1CC[C@]2(CC(=O)NCc3ncc(C)[nH]3)CC[C@]3(C)[C@H](CCC4[C@@]5(C)CCC(OC(=O)CC(C)(C)CC(=O)O)C(C)(C)C5CC[C@]43C)C12. The number of ether oxygens (including phenoxy) is 1. The van der Waals surface area contributed by atoms with Crippen LogP contribution in [0.1, 0.15) is 150 Å². The largest absolute Gasteiger partial charge is 0.481 e. The summed E-state index contributed by atoms with van der Waals surface area (Å²) in [6, 6.07) is 0. The Hall–Kier alpha value is -2.64. The summed E-state index contributed by atoms with van der Waals surface area (Å²) in [7, 11) is 0. The van der Waals surface area contributed by atoms with Crippen molar-refractivity contribution in [1.29, 1.82) is 0 Å². The molecule has 0 aliphatic heterocycles. The van der Waals surface area contributed by atoms with Crippen molar-refractivity contribution in [2.24, 2.45) is 62.1 Å². The molecule has 3 N–H and O–H groups in total. The fourth-order valence-corrected chi connectivity index (χ4v) is 14.0. The number of allylic oxidation sites excluding steroid dienone is 1. The minimum Gasteiger partial charge on any atom is -0.481 e. The molecule has 5 aliphatic carbocycles. The fraction of sp³-hybridized carbons (Fsp3) is 0.814. The maximum atomic E-state index is 13.7. The van der Waals surface area contributed by atoms with E-state index >= 15 is 0 Å². The van der Waals surface area contributed by atoms with Crippen LogP contribution in [0.3, 0.4) is 0 Å². The van der Waals surface area contributed by atoms with Gasteiger partial charge in [-0.05, 0) is 135 Å². The Morgan fingerprint density at radius 1 is 0.961 bits per heavy atom. The van der Waals surface area contributed by atoms with Crippen LogP contribution >= 0.6 is 0 Å². The molecule has 10 atom stereocenters. The lowest BCUT2D eigenvalue weighted by molar-refractivity contribution is -0.250. The van der Waals surface area contributed by atoms with Gasteiger partial charge in [-0.1, -0.05) is 60.6 Å². The van der Waals surface area contributed by atoms with E-state index in [4.69, 9.17) is 4.74 Å². The van der Waals surface area contributed by atoms with Crippen LogP contribution in [0.5, 0.6) is 0 Å². The van der Waals surface area contributed by atoms with E-state index < -0.39 is 11.4 Å². The third-order valence-electron chi connectivity index (χ3n) is 16.4. The summed E-state index contributed by atoms with van der Waals surface area (Å²) in [5.41, 5.74) is 2.03. The quantitative estimate of drug-likeness (QED) is 0.165.